The number of oxazole rings is 1. The van der Waals surface area contributed by atoms with E-state index in [9.17, 15) is 0 Å². The smallest absolute Gasteiger partial charge is 0.197 e. The van der Waals surface area contributed by atoms with Crippen LogP contribution in [0, 0.1) is 5.92 Å². The fraction of sp³-hybridized carbons (Fsp3) is 0.571. The Morgan fingerprint density at radius 3 is 3.00 bits per heavy atom. The quantitative estimate of drug-likeness (QED) is 0.569. The molecule has 0 spiro atoms. The van der Waals surface area contributed by atoms with Crippen molar-refractivity contribution in [1.29, 1.82) is 0 Å². The van der Waals surface area contributed by atoms with Gasteiger partial charge in [0, 0.05) is 5.92 Å². The van der Waals surface area contributed by atoms with Crippen LogP contribution >= 0.6 is 0 Å². The lowest BCUT2D eigenvalue weighted by atomic mass is 10.3. The van der Waals surface area contributed by atoms with E-state index >= 15 is 0 Å². The molecule has 0 amide bonds. The first-order chi connectivity index (χ1) is 4.38. The van der Waals surface area contributed by atoms with Crippen LogP contribution in [0.15, 0.2) is 16.9 Å². The lowest BCUT2D eigenvalue weighted by Gasteiger charge is -1.84. The van der Waals surface area contributed by atoms with Gasteiger partial charge in [0.15, 0.2) is 5.89 Å². The Morgan fingerprint density at radius 1 is 1.78 bits per heavy atom. The summed E-state index contributed by atoms with van der Waals surface area (Å²) in [6, 6.07) is 0. The van der Waals surface area contributed by atoms with Gasteiger partial charge in [-0.05, 0) is 12.3 Å². The summed E-state index contributed by atoms with van der Waals surface area (Å²) in [5.74, 6) is 2.34. The maximum atomic E-state index is 5.12. The van der Waals surface area contributed by atoms with Crippen molar-refractivity contribution in [2.45, 2.75) is 19.3 Å². The first-order valence-corrected chi connectivity index (χ1v) is 3.27. The molecule has 1 heterocycles. The lowest BCUT2D eigenvalue weighted by molar-refractivity contribution is 0.491. The second-order valence-corrected chi connectivity index (χ2v) is 2.69. The highest BCUT2D eigenvalue weighted by Crippen LogP contribution is 2.45. The summed E-state index contributed by atoms with van der Waals surface area (Å²) in [7, 11) is 0. The van der Waals surface area contributed by atoms with Crippen LogP contribution in [0.2, 0.25) is 0 Å². The highest BCUT2D eigenvalue weighted by molar-refractivity contribution is 5.04. The average Bonchev–Trinajstić information content (AvgIpc) is 2.44. The Hall–Kier alpha value is -0.790. The van der Waals surface area contributed by atoms with Gasteiger partial charge in [-0.1, -0.05) is 6.92 Å². The second-order valence-electron chi connectivity index (χ2n) is 2.69. The minimum absolute atomic E-state index is 0.625. The number of hydrogen-bond acceptors (Lipinski definition) is 2. The molecule has 1 aromatic rings. The highest BCUT2D eigenvalue weighted by atomic mass is 16.3. The minimum Gasteiger partial charge on any atom is -0.449 e. The van der Waals surface area contributed by atoms with Crippen molar-refractivity contribution in [2.24, 2.45) is 5.92 Å². The third kappa shape index (κ3) is 0.745. The Kier molecular flexibility index (Phi) is 0.891. The summed E-state index contributed by atoms with van der Waals surface area (Å²) in [5.41, 5.74) is 0. The van der Waals surface area contributed by atoms with E-state index < -0.39 is 0 Å². The van der Waals surface area contributed by atoms with E-state index in [0.717, 1.165) is 11.8 Å². The Labute approximate surface area is 53.9 Å². The topological polar surface area (TPSA) is 26.0 Å². The molecule has 0 aliphatic heterocycles. The lowest BCUT2D eigenvalue weighted by Crippen LogP contribution is -1.77. The largest absolute Gasteiger partial charge is 0.449 e. The molecule has 2 nitrogen and oxygen atoms in total. The monoisotopic (exact) mass is 123 g/mol. The first-order valence-electron chi connectivity index (χ1n) is 3.27. The van der Waals surface area contributed by atoms with Gasteiger partial charge in [0.05, 0.1) is 6.20 Å². The second kappa shape index (κ2) is 1.59. The van der Waals surface area contributed by atoms with E-state index in [1.165, 1.54) is 6.42 Å². The molecule has 0 N–H and O–H groups in total. The molecule has 2 rings (SSSR count). The molecule has 0 saturated heterocycles. The predicted octanol–water partition coefficient (Wildman–Crippen LogP) is 1.80. The minimum atomic E-state index is 0.625. The zero-order chi connectivity index (χ0) is 6.27. The molecule has 1 aromatic heterocycles. The summed E-state index contributed by atoms with van der Waals surface area (Å²) >= 11 is 0. The van der Waals surface area contributed by atoms with Crippen LogP contribution in [0.25, 0.3) is 0 Å². The summed E-state index contributed by atoms with van der Waals surface area (Å²) < 4.78 is 5.12. The van der Waals surface area contributed by atoms with Crippen LogP contribution in [-0.2, 0) is 0 Å². The van der Waals surface area contributed by atoms with Crippen molar-refractivity contribution < 1.29 is 4.42 Å². The van der Waals surface area contributed by atoms with Gasteiger partial charge in [0.25, 0.3) is 0 Å². The maximum absolute atomic E-state index is 5.12. The van der Waals surface area contributed by atoms with Gasteiger partial charge in [-0.3, -0.25) is 0 Å². The molecule has 48 valence electrons. The fourth-order valence-electron chi connectivity index (χ4n) is 1.08. The van der Waals surface area contributed by atoms with Crippen LogP contribution < -0.4 is 0 Å². The van der Waals surface area contributed by atoms with Gasteiger partial charge < -0.3 is 4.42 Å². The van der Waals surface area contributed by atoms with Crippen molar-refractivity contribution in [3.8, 4) is 0 Å². The van der Waals surface area contributed by atoms with E-state index in [1.54, 1.807) is 12.5 Å². The van der Waals surface area contributed by atoms with E-state index in [0.29, 0.717) is 5.92 Å². The zero-order valence-electron chi connectivity index (χ0n) is 5.37. The molecule has 1 aliphatic carbocycles. The summed E-state index contributed by atoms with van der Waals surface area (Å²) in [6.07, 6.45) is 4.60. The Balaban J connectivity index is 2.18. The Morgan fingerprint density at radius 2 is 2.56 bits per heavy atom. The molecule has 1 saturated carbocycles. The van der Waals surface area contributed by atoms with Gasteiger partial charge in [-0.2, -0.15) is 0 Å². The molecule has 1 aliphatic rings. The predicted molar refractivity (Wildman–Crippen MR) is 33.0 cm³/mol. The normalized spacial score (nSPS) is 32.6. The van der Waals surface area contributed by atoms with E-state index in [4.69, 9.17) is 4.42 Å². The van der Waals surface area contributed by atoms with E-state index in [-0.39, 0.29) is 0 Å². The van der Waals surface area contributed by atoms with Gasteiger partial charge in [0.1, 0.15) is 6.26 Å². The van der Waals surface area contributed by atoms with Crippen molar-refractivity contribution in [3.63, 3.8) is 0 Å². The molecule has 0 unspecified atom stereocenters. The van der Waals surface area contributed by atoms with Crippen LogP contribution in [0.5, 0.6) is 0 Å². The number of nitrogens with zero attached hydrogens (tertiary/aromatic N) is 1. The van der Waals surface area contributed by atoms with Gasteiger partial charge in [-0.25, -0.2) is 4.98 Å². The van der Waals surface area contributed by atoms with Gasteiger partial charge in [0.2, 0.25) is 0 Å². The summed E-state index contributed by atoms with van der Waals surface area (Å²) in [5, 5.41) is 0. The van der Waals surface area contributed by atoms with Crippen molar-refractivity contribution in [1.82, 2.24) is 4.98 Å². The van der Waals surface area contributed by atoms with Crippen molar-refractivity contribution >= 4 is 0 Å². The summed E-state index contributed by atoms with van der Waals surface area (Å²) in [4.78, 5) is 4.06. The SMILES string of the molecule is C[C@H]1C[C@@H]1c1ncco1. The van der Waals surface area contributed by atoms with Crippen LogP contribution in [-0.4, -0.2) is 4.98 Å². The van der Waals surface area contributed by atoms with Gasteiger partial charge in [-0.15, -0.1) is 0 Å². The molecular formula is C7H9NO. The summed E-state index contributed by atoms with van der Waals surface area (Å²) in [6.45, 7) is 2.22. The number of hydrogen-bond donors (Lipinski definition) is 0. The molecule has 0 aromatic carbocycles. The molecule has 9 heavy (non-hydrogen) atoms. The van der Waals surface area contributed by atoms with E-state index in [1.807, 2.05) is 0 Å². The fourth-order valence-corrected chi connectivity index (χ4v) is 1.08. The molecular weight excluding hydrogens is 114 g/mol. The number of rotatable bonds is 1. The maximum Gasteiger partial charge on any atom is 0.197 e. The zero-order valence-corrected chi connectivity index (χ0v) is 5.37. The molecule has 0 bridgehead atoms. The Bertz CT molecular complexity index is 193. The van der Waals surface area contributed by atoms with Crippen molar-refractivity contribution in [3.05, 3.63) is 18.4 Å². The molecule has 0 radical (unpaired) electrons. The third-order valence-corrected chi connectivity index (χ3v) is 1.88. The standard InChI is InChI=1S/C7H9NO/c1-5-4-6(5)7-8-2-3-9-7/h2-3,5-6H,4H2,1H3/t5-,6-/m0/s1. The van der Waals surface area contributed by atoms with Gasteiger partial charge >= 0.3 is 0 Å². The number of aromatic nitrogens is 1. The van der Waals surface area contributed by atoms with Crippen LogP contribution in [0.4, 0.5) is 0 Å². The molecule has 2 atom stereocenters. The molecule has 2 heteroatoms. The average molecular weight is 123 g/mol. The van der Waals surface area contributed by atoms with E-state index in [2.05, 4.69) is 11.9 Å². The highest BCUT2D eigenvalue weighted by Gasteiger charge is 2.37. The van der Waals surface area contributed by atoms with Crippen LogP contribution in [0.3, 0.4) is 0 Å². The molecule has 1 fully saturated rings. The third-order valence-electron chi connectivity index (χ3n) is 1.88. The first kappa shape index (κ1) is 5.03. The van der Waals surface area contributed by atoms with Crippen molar-refractivity contribution in [2.75, 3.05) is 0 Å². The van der Waals surface area contributed by atoms with Crippen LogP contribution in [0.1, 0.15) is 25.2 Å².